The molecule has 2 N–H and O–H groups in total. The van der Waals surface area contributed by atoms with Gasteiger partial charge < -0.3 is 15.2 Å². The Bertz CT molecular complexity index is 459. The van der Waals surface area contributed by atoms with Gasteiger partial charge in [-0.05, 0) is 26.0 Å². The van der Waals surface area contributed by atoms with Crippen molar-refractivity contribution >= 4 is 23.5 Å². The first kappa shape index (κ1) is 14.3. The Hall–Kier alpha value is -1.75. The topological polar surface area (TPSA) is 75.6 Å². The zero-order valence-electron chi connectivity index (χ0n) is 10.1. The van der Waals surface area contributed by atoms with Gasteiger partial charge in [-0.15, -0.1) is 0 Å². The zero-order valence-corrected chi connectivity index (χ0v) is 10.8. The summed E-state index contributed by atoms with van der Waals surface area (Å²) in [5.41, 5.74) is -0.0696. The molecule has 0 saturated heterocycles. The molecule has 1 aromatic carbocycles. The van der Waals surface area contributed by atoms with Crippen molar-refractivity contribution in [1.82, 2.24) is 5.32 Å². The van der Waals surface area contributed by atoms with Gasteiger partial charge >= 0.3 is 5.97 Å². The van der Waals surface area contributed by atoms with Gasteiger partial charge in [0.1, 0.15) is 5.56 Å². The molecule has 0 aliphatic carbocycles. The molecule has 1 aromatic rings. The van der Waals surface area contributed by atoms with Crippen molar-refractivity contribution in [2.45, 2.75) is 19.9 Å². The number of benzene rings is 1. The van der Waals surface area contributed by atoms with Crippen LogP contribution in [0.25, 0.3) is 0 Å². The average Bonchev–Trinajstić information content (AvgIpc) is 2.25. The number of rotatable bonds is 5. The summed E-state index contributed by atoms with van der Waals surface area (Å²) in [6.07, 6.45) is 0. The molecule has 18 heavy (non-hydrogen) atoms. The third kappa shape index (κ3) is 3.92. The zero-order chi connectivity index (χ0) is 13.7. The van der Waals surface area contributed by atoms with Crippen LogP contribution < -0.4 is 10.1 Å². The summed E-state index contributed by atoms with van der Waals surface area (Å²) in [4.78, 5) is 22.3. The molecule has 0 fully saturated rings. The quantitative estimate of drug-likeness (QED) is 0.858. The number of hydrogen-bond donors (Lipinski definition) is 2. The van der Waals surface area contributed by atoms with Gasteiger partial charge in [0, 0.05) is 6.04 Å². The number of carbonyl (C=O) groups excluding carboxylic acids is 1. The van der Waals surface area contributed by atoms with E-state index >= 15 is 0 Å². The van der Waals surface area contributed by atoms with Crippen LogP contribution in [-0.2, 0) is 4.79 Å². The maximum atomic E-state index is 11.4. The number of halogens is 1. The van der Waals surface area contributed by atoms with Crippen molar-refractivity contribution in [2.24, 2.45) is 0 Å². The number of amides is 1. The average molecular weight is 272 g/mol. The molecule has 0 saturated carbocycles. The van der Waals surface area contributed by atoms with Crippen molar-refractivity contribution in [1.29, 1.82) is 0 Å². The van der Waals surface area contributed by atoms with Gasteiger partial charge in [-0.25, -0.2) is 4.79 Å². The summed E-state index contributed by atoms with van der Waals surface area (Å²) >= 11 is 5.84. The van der Waals surface area contributed by atoms with Crippen molar-refractivity contribution in [3.63, 3.8) is 0 Å². The number of carboxylic acids is 1. The minimum Gasteiger partial charge on any atom is -0.481 e. The molecule has 6 heteroatoms. The minimum atomic E-state index is -1.16. The van der Waals surface area contributed by atoms with Gasteiger partial charge in [-0.3, -0.25) is 4.79 Å². The number of carbonyl (C=O) groups is 2. The lowest BCUT2D eigenvalue weighted by Crippen LogP contribution is -2.34. The van der Waals surface area contributed by atoms with E-state index in [0.717, 1.165) is 0 Å². The summed E-state index contributed by atoms with van der Waals surface area (Å²) < 4.78 is 5.17. The fraction of sp³-hybridized carbons (Fsp3) is 0.333. The highest BCUT2D eigenvalue weighted by Crippen LogP contribution is 2.28. The van der Waals surface area contributed by atoms with Crippen molar-refractivity contribution in [3.05, 3.63) is 28.8 Å². The van der Waals surface area contributed by atoms with Crippen molar-refractivity contribution < 1.29 is 19.4 Å². The van der Waals surface area contributed by atoms with Crippen LogP contribution >= 0.6 is 11.6 Å². The van der Waals surface area contributed by atoms with Crippen LogP contribution in [0.3, 0.4) is 0 Å². The highest BCUT2D eigenvalue weighted by atomic mass is 35.5. The summed E-state index contributed by atoms with van der Waals surface area (Å²) in [5, 5.41) is 11.7. The van der Waals surface area contributed by atoms with E-state index in [2.05, 4.69) is 5.32 Å². The lowest BCUT2D eigenvalue weighted by molar-refractivity contribution is -0.123. The number of nitrogens with one attached hydrogen (secondary N) is 1. The Morgan fingerprint density at radius 1 is 1.44 bits per heavy atom. The molecule has 0 heterocycles. The SMILES string of the molecule is CC(C)NC(=O)COc1c(Cl)cccc1C(=O)O. The maximum absolute atomic E-state index is 11.4. The van der Waals surface area contributed by atoms with Gasteiger partial charge in [-0.2, -0.15) is 0 Å². The Labute approximate surface area is 110 Å². The number of hydrogen-bond acceptors (Lipinski definition) is 3. The first-order valence-corrected chi connectivity index (χ1v) is 5.73. The van der Waals surface area contributed by atoms with Crippen molar-refractivity contribution in [3.8, 4) is 5.75 Å². The van der Waals surface area contributed by atoms with Gasteiger partial charge in [0.25, 0.3) is 5.91 Å². The molecule has 0 bridgehead atoms. The monoisotopic (exact) mass is 271 g/mol. The van der Waals surface area contributed by atoms with Crippen LogP contribution in [0.1, 0.15) is 24.2 Å². The molecule has 1 amide bonds. The molecule has 0 aliphatic heterocycles. The van der Waals surface area contributed by atoms with E-state index in [0.29, 0.717) is 0 Å². The molecular formula is C12H14ClNO4. The Morgan fingerprint density at radius 3 is 2.67 bits per heavy atom. The molecule has 1 rings (SSSR count). The second kappa shape index (κ2) is 6.26. The van der Waals surface area contributed by atoms with Gasteiger partial charge in [-0.1, -0.05) is 17.7 Å². The van der Waals surface area contributed by atoms with E-state index in [1.807, 2.05) is 13.8 Å². The molecule has 0 atom stereocenters. The fourth-order valence-electron chi connectivity index (χ4n) is 1.33. The fourth-order valence-corrected chi connectivity index (χ4v) is 1.55. The normalized spacial score (nSPS) is 10.2. The predicted molar refractivity (Wildman–Crippen MR) is 67.2 cm³/mol. The molecule has 0 aromatic heterocycles. The third-order valence-electron chi connectivity index (χ3n) is 1.99. The van der Waals surface area contributed by atoms with E-state index in [1.165, 1.54) is 18.2 Å². The van der Waals surface area contributed by atoms with Crippen LogP contribution in [0.5, 0.6) is 5.75 Å². The van der Waals surface area contributed by atoms with Crippen LogP contribution in [0.2, 0.25) is 5.02 Å². The van der Waals surface area contributed by atoms with E-state index in [1.54, 1.807) is 0 Å². The molecule has 0 radical (unpaired) electrons. The summed E-state index contributed by atoms with van der Waals surface area (Å²) in [6, 6.07) is 4.37. The van der Waals surface area contributed by atoms with Gasteiger partial charge in [0.2, 0.25) is 0 Å². The summed E-state index contributed by atoms with van der Waals surface area (Å²) in [6.45, 7) is 3.36. The van der Waals surface area contributed by atoms with E-state index in [-0.39, 0.29) is 34.9 Å². The maximum Gasteiger partial charge on any atom is 0.339 e. The number of ether oxygens (including phenoxy) is 1. The molecule has 98 valence electrons. The second-order valence-corrected chi connectivity index (χ2v) is 4.34. The molecule has 0 spiro atoms. The first-order valence-electron chi connectivity index (χ1n) is 5.35. The molecule has 5 nitrogen and oxygen atoms in total. The Morgan fingerprint density at radius 2 is 2.11 bits per heavy atom. The van der Waals surface area contributed by atoms with Crippen LogP contribution in [-0.4, -0.2) is 29.6 Å². The first-order chi connectivity index (χ1) is 8.41. The smallest absolute Gasteiger partial charge is 0.339 e. The third-order valence-corrected chi connectivity index (χ3v) is 2.29. The molecule has 0 unspecified atom stereocenters. The van der Waals surface area contributed by atoms with E-state index in [4.69, 9.17) is 21.4 Å². The largest absolute Gasteiger partial charge is 0.481 e. The number of carboxylic acid groups (broad SMARTS) is 1. The highest BCUT2D eigenvalue weighted by molar-refractivity contribution is 6.32. The van der Waals surface area contributed by atoms with Crippen LogP contribution in [0.4, 0.5) is 0 Å². The second-order valence-electron chi connectivity index (χ2n) is 3.93. The lowest BCUT2D eigenvalue weighted by atomic mass is 10.2. The van der Waals surface area contributed by atoms with Crippen LogP contribution in [0, 0.1) is 0 Å². The standard InChI is InChI=1S/C12H14ClNO4/c1-7(2)14-10(15)6-18-11-8(12(16)17)4-3-5-9(11)13/h3-5,7H,6H2,1-2H3,(H,14,15)(H,16,17). The van der Waals surface area contributed by atoms with E-state index < -0.39 is 5.97 Å². The van der Waals surface area contributed by atoms with E-state index in [9.17, 15) is 9.59 Å². The highest BCUT2D eigenvalue weighted by Gasteiger charge is 2.15. The van der Waals surface area contributed by atoms with Crippen molar-refractivity contribution in [2.75, 3.05) is 6.61 Å². The molecular weight excluding hydrogens is 258 g/mol. The number of aromatic carboxylic acids is 1. The van der Waals surface area contributed by atoms with Gasteiger partial charge in [0.05, 0.1) is 5.02 Å². The predicted octanol–water partition coefficient (Wildman–Crippen LogP) is 1.94. The Kier molecular flexibility index (Phi) is 4.97. The number of para-hydroxylation sites is 1. The summed E-state index contributed by atoms with van der Waals surface area (Å²) in [5.74, 6) is -1.48. The Balaban J connectivity index is 2.78. The minimum absolute atomic E-state index is 0.00516. The molecule has 0 aliphatic rings. The lowest BCUT2D eigenvalue weighted by Gasteiger charge is -2.12. The van der Waals surface area contributed by atoms with Crippen LogP contribution in [0.15, 0.2) is 18.2 Å². The summed E-state index contributed by atoms with van der Waals surface area (Å²) in [7, 11) is 0. The van der Waals surface area contributed by atoms with Gasteiger partial charge in [0.15, 0.2) is 12.4 Å².